The molecule has 2 aliphatic heterocycles. The van der Waals surface area contributed by atoms with Crippen molar-refractivity contribution in [2.75, 3.05) is 20.1 Å². The van der Waals surface area contributed by atoms with Crippen LogP contribution in [0.5, 0.6) is 0 Å². The molecule has 0 aromatic heterocycles. The molecule has 3 nitrogen and oxygen atoms in total. The predicted octanol–water partition coefficient (Wildman–Crippen LogP) is 2.43. The quantitative estimate of drug-likeness (QED) is 0.781. The van der Waals surface area contributed by atoms with Gasteiger partial charge in [-0.25, -0.2) is 0 Å². The first kappa shape index (κ1) is 14.3. The Bertz CT molecular complexity index is 314. The molecule has 0 radical (unpaired) electrons. The van der Waals surface area contributed by atoms with Crippen molar-refractivity contribution in [3.8, 4) is 0 Å². The molecule has 0 spiro atoms. The highest BCUT2D eigenvalue weighted by atomic mass is 16.5. The van der Waals surface area contributed by atoms with Gasteiger partial charge in [-0.1, -0.05) is 0 Å². The molecule has 2 aliphatic rings. The molecule has 2 rings (SSSR count). The van der Waals surface area contributed by atoms with Crippen LogP contribution >= 0.6 is 0 Å². The Morgan fingerprint density at radius 2 is 1.78 bits per heavy atom. The van der Waals surface area contributed by atoms with Gasteiger partial charge in [0.15, 0.2) is 0 Å². The van der Waals surface area contributed by atoms with Gasteiger partial charge in [-0.3, -0.25) is 0 Å². The van der Waals surface area contributed by atoms with E-state index in [9.17, 15) is 5.11 Å². The third kappa shape index (κ3) is 2.73. The molecule has 18 heavy (non-hydrogen) atoms. The summed E-state index contributed by atoms with van der Waals surface area (Å²) in [6.45, 7) is 10.6. The second-order valence-corrected chi connectivity index (χ2v) is 7.48. The lowest BCUT2D eigenvalue weighted by molar-refractivity contribution is -0.117. The van der Waals surface area contributed by atoms with Crippen molar-refractivity contribution in [1.82, 2.24) is 4.90 Å². The first-order valence-corrected chi connectivity index (χ1v) is 7.26. The van der Waals surface area contributed by atoms with Gasteiger partial charge in [0.2, 0.25) is 0 Å². The van der Waals surface area contributed by atoms with Crippen LogP contribution in [0.3, 0.4) is 0 Å². The molecule has 1 N–H and O–H groups in total. The van der Waals surface area contributed by atoms with Crippen LogP contribution in [0.1, 0.15) is 53.4 Å². The summed E-state index contributed by atoms with van der Waals surface area (Å²) >= 11 is 0. The van der Waals surface area contributed by atoms with Gasteiger partial charge in [0, 0.05) is 12.5 Å². The Morgan fingerprint density at radius 3 is 2.33 bits per heavy atom. The van der Waals surface area contributed by atoms with E-state index in [1.807, 2.05) is 0 Å². The average Bonchev–Trinajstić information content (AvgIpc) is 2.33. The fourth-order valence-corrected chi connectivity index (χ4v) is 4.02. The zero-order valence-electron chi connectivity index (χ0n) is 12.6. The minimum atomic E-state index is -0.554. The van der Waals surface area contributed by atoms with Crippen LogP contribution in [-0.4, -0.2) is 46.9 Å². The summed E-state index contributed by atoms with van der Waals surface area (Å²) in [5.74, 6) is 0.242. The third-order valence-electron chi connectivity index (χ3n) is 4.80. The number of rotatable bonds is 1. The summed E-state index contributed by atoms with van der Waals surface area (Å²) in [5.41, 5.74) is -0.884. The van der Waals surface area contributed by atoms with Crippen LogP contribution in [0.25, 0.3) is 0 Å². The summed E-state index contributed by atoms with van der Waals surface area (Å²) in [6, 6.07) is 0. The Kier molecular flexibility index (Phi) is 3.54. The second-order valence-electron chi connectivity index (χ2n) is 7.48. The van der Waals surface area contributed by atoms with Gasteiger partial charge in [0.05, 0.1) is 16.8 Å². The Labute approximate surface area is 112 Å². The van der Waals surface area contributed by atoms with Crippen molar-refractivity contribution in [2.45, 2.75) is 70.2 Å². The molecular formula is C15H29NO2. The monoisotopic (exact) mass is 255 g/mol. The van der Waals surface area contributed by atoms with Crippen LogP contribution < -0.4 is 0 Å². The molecular weight excluding hydrogens is 226 g/mol. The normalized spacial score (nSPS) is 40.7. The van der Waals surface area contributed by atoms with Gasteiger partial charge in [0.25, 0.3) is 0 Å². The topological polar surface area (TPSA) is 32.7 Å². The number of nitrogens with zero attached hydrogens (tertiary/aromatic N) is 1. The highest BCUT2D eigenvalue weighted by molar-refractivity contribution is 5.04. The summed E-state index contributed by atoms with van der Waals surface area (Å²) in [7, 11) is 2.14. The van der Waals surface area contributed by atoms with E-state index in [1.54, 1.807) is 0 Å². The van der Waals surface area contributed by atoms with Gasteiger partial charge in [-0.2, -0.15) is 0 Å². The minimum absolute atomic E-state index is 0.109. The lowest BCUT2D eigenvalue weighted by Gasteiger charge is -2.39. The summed E-state index contributed by atoms with van der Waals surface area (Å²) in [4.78, 5) is 2.33. The molecule has 2 saturated heterocycles. The minimum Gasteiger partial charge on any atom is -0.389 e. The van der Waals surface area contributed by atoms with E-state index < -0.39 is 5.60 Å². The molecule has 106 valence electrons. The van der Waals surface area contributed by atoms with Crippen LogP contribution in [-0.2, 0) is 4.74 Å². The van der Waals surface area contributed by atoms with E-state index in [0.717, 1.165) is 38.8 Å². The van der Waals surface area contributed by atoms with E-state index in [-0.39, 0.29) is 17.1 Å². The first-order valence-electron chi connectivity index (χ1n) is 7.26. The molecule has 2 fully saturated rings. The van der Waals surface area contributed by atoms with Crippen molar-refractivity contribution in [3.05, 3.63) is 0 Å². The van der Waals surface area contributed by atoms with Crippen molar-refractivity contribution < 1.29 is 9.84 Å². The number of hydrogen-bond donors (Lipinski definition) is 1. The van der Waals surface area contributed by atoms with Crippen LogP contribution in [0.4, 0.5) is 0 Å². The maximum atomic E-state index is 11.1. The largest absolute Gasteiger partial charge is 0.389 e. The van der Waals surface area contributed by atoms with Crippen molar-refractivity contribution in [1.29, 1.82) is 0 Å². The van der Waals surface area contributed by atoms with E-state index in [4.69, 9.17) is 4.74 Å². The molecule has 2 atom stereocenters. The first-order chi connectivity index (χ1) is 8.15. The lowest BCUT2D eigenvalue weighted by atomic mass is 9.71. The predicted molar refractivity (Wildman–Crippen MR) is 73.6 cm³/mol. The van der Waals surface area contributed by atoms with E-state index >= 15 is 0 Å². The van der Waals surface area contributed by atoms with Gasteiger partial charge in [-0.05, 0) is 67.0 Å². The molecule has 0 saturated carbocycles. The number of ether oxygens (including phenoxy) is 1. The van der Waals surface area contributed by atoms with E-state index in [0.29, 0.717) is 0 Å². The summed E-state index contributed by atoms with van der Waals surface area (Å²) < 4.78 is 6.16. The standard InChI is InChI=1S/C15H29NO2/c1-13(2)11-12(14(3,4)18-13)15(17)7-6-9-16(5)10-8-15/h12,17H,6-11H2,1-5H3. The third-order valence-corrected chi connectivity index (χ3v) is 4.80. The van der Waals surface area contributed by atoms with Crippen LogP contribution in [0, 0.1) is 5.92 Å². The molecule has 0 aromatic carbocycles. The summed E-state index contributed by atoms with van der Waals surface area (Å²) in [6.07, 6.45) is 3.82. The van der Waals surface area contributed by atoms with Gasteiger partial charge >= 0.3 is 0 Å². The Morgan fingerprint density at radius 1 is 1.11 bits per heavy atom. The summed E-state index contributed by atoms with van der Waals surface area (Å²) in [5, 5.41) is 11.1. The van der Waals surface area contributed by atoms with Crippen LogP contribution in [0.2, 0.25) is 0 Å². The highest BCUT2D eigenvalue weighted by Crippen LogP contribution is 2.49. The Balaban J connectivity index is 2.19. The van der Waals surface area contributed by atoms with Gasteiger partial charge < -0.3 is 14.7 Å². The van der Waals surface area contributed by atoms with Gasteiger partial charge in [-0.15, -0.1) is 0 Å². The average molecular weight is 255 g/mol. The SMILES string of the molecule is CN1CCCC(O)(C2CC(C)(C)OC2(C)C)CC1. The van der Waals surface area contributed by atoms with Gasteiger partial charge in [0.1, 0.15) is 0 Å². The second kappa shape index (κ2) is 4.46. The van der Waals surface area contributed by atoms with E-state index in [2.05, 4.69) is 39.6 Å². The molecule has 0 aromatic rings. The molecule has 3 heteroatoms. The number of aliphatic hydroxyl groups is 1. The maximum Gasteiger partial charge on any atom is 0.0716 e. The van der Waals surface area contributed by atoms with Crippen molar-refractivity contribution in [3.63, 3.8) is 0 Å². The molecule has 2 heterocycles. The van der Waals surface area contributed by atoms with Crippen molar-refractivity contribution in [2.24, 2.45) is 5.92 Å². The fourth-order valence-electron chi connectivity index (χ4n) is 4.02. The van der Waals surface area contributed by atoms with E-state index in [1.165, 1.54) is 0 Å². The van der Waals surface area contributed by atoms with Crippen LogP contribution in [0.15, 0.2) is 0 Å². The Hall–Kier alpha value is -0.120. The fraction of sp³-hybridized carbons (Fsp3) is 1.00. The number of likely N-dealkylation sites (tertiary alicyclic amines) is 1. The molecule has 2 unspecified atom stereocenters. The number of hydrogen-bond acceptors (Lipinski definition) is 3. The highest BCUT2D eigenvalue weighted by Gasteiger charge is 2.54. The molecule has 0 amide bonds. The maximum absolute atomic E-state index is 11.1. The zero-order valence-corrected chi connectivity index (χ0v) is 12.6. The molecule has 0 aliphatic carbocycles. The lowest BCUT2D eigenvalue weighted by Crippen LogP contribution is -2.47. The smallest absolute Gasteiger partial charge is 0.0716 e. The zero-order chi connectivity index (χ0) is 13.6. The van der Waals surface area contributed by atoms with Crippen molar-refractivity contribution >= 4 is 0 Å². The molecule has 0 bridgehead atoms.